The number of amides is 1. The van der Waals surface area contributed by atoms with Crippen LogP contribution in [-0.2, 0) is 18.4 Å². The number of nitrogens with zero attached hydrogens (tertiary/aromatic N) is 4. The van der Waals surface area contributed by atoms with Crippen LogP contribution in [0.15, 0.2) is 12.4 Å². The summed E-state index contributed by atoms with van der Waals surface area (Å²) >= 11 is 0. The number of hydrogen-bond acceptors (Lipinski definition) is 3. The Kier molecular flexibility index (Phi) is 4.02. The SMILES string of the molecule is CCN1CC2(CCC1=O)CCN(Cc1cnn(C)c1)CC2. The molecule has 1 aromatic heterocycles. The Balaban J connectivity index is 1.56. The third-order valence-electron chi connectivity index (χ3n) is 5.21. The molecule has 3 heterocycles. The van der Waals surface area contributed by atoms with Crippen LogP contribution in [0.25, 0.3) is 0 Å². The molecule has 0 aromatic carbocycles. The highest BCUT2D eigenvalue weighted by Crippen LogP contribution is 2.40. The Labute approximate surface area is 126 Å². The molecule has 116 valence electrons. The fourth-order valence-electron chi connectivity index (χ4n) is 3.80. The lowest BCUT2D eigenvalue weighted by molar-refractivity contribution is -0.138. The van der Waals surface area contributed by atoms with Crippen molar-refractivity contribution in [3.63, 3.8) is 0 Å². The number of aryl methyl sites for hydroxylation is 1. The molecule has 5 nitrogen and oxygen atoms in total. The van der Waals surface area contributed by atoms with Crippen LogP contribution >= 0.6 is 0 Å². The molecule has 2 aliphatic rings. The molecule has 0 aliphatic carbocycles. The largest absolute Gasteiger partial charge is 0.342 e. The fraction of sp³-hybridized carbons (Fsp3) is 0.750. The maximum Gasteiger partial charge on any atom is 0.222 e. The van der Waals surface area contributed by atoms with E-state index < -0.39 is 0 Å². The first-order valence-corrected chi connectivity index (χ1v) is 8.08. The van der Waals surface area contributed by atoms with Crippen LogP contribution in [0.2, 0.25) is 0 Å². The summed E-state index contributed by atoms with van der Waals surface area (Å²) in [5.41, 5.74) is 1.68. The Hall–Kier alpha value is -1.36. The third kappa shape index (κ3) is 3.12. The van der Waals surface area contributed by atoms with Crippen molar-refractivity contribution in [2.24, 2.45) is 12.5 Å². The zero-order valence-electron chi connectivity index (χ0n) is 13.2. The van der Waals surface area contributed by atoms with Crippen molar-refractivity contribution in [3.05, 3.63) is 18.0 Å². The smallest absolute Gasteiger partial charge is 0.222 e. The van der Waals surface area contributed by atoms with Crippen LogP contribution in [0.5, 0.6) is 0 Å². The topological polar surface area (TPSA) is 41.4 Å². The van der Waals surface area contributed by atoms with Gasteiger partial charge in [-0.05, 0) is 44.7 Å². The summed E-state index contributed by atoms with van der Waals surface area (Å²) in [5, 5.41) is 4.24. The van der Waals surface area contributed by atoms with Crippen LogP contribution in [0.3, 0.4) is 0 Å². The van der Waals surface area contributed by atoms with Gasteiger partial charge >= 0.3 is 0 Å². The quantitative estimate of drug-likeness (QED) is 0.850. The summed E-state index contributed by atoms with van der Waals surface area (Å²) in [6.07, 6.45) is 8.33. The van der Waals surface area contributed by atoms with Crippen molar-refractivity contribution >= 4 is 5.91 Å². The van der Waals surface area contributed by atoms with Gasteiger partial charge in [0.05, 0.1) is 6.20 Å². The predicted molar refractivity (Wildman–Crippen MR) is 81.6 cm³/mol. The summed E-state index contributed by atoms with van der Waals surface area (Å²) < 4.78 is 1.87. The molecule has 5 heteroatoms. The minimum absolute atomic E-state index is 0.348. The molecule has 0 radical (unpaired) electrons. The number of carbonyl (C=O) groups excluding carboxylic acids is 1. The molecular weight excluding hydrogens is 264 g/mol. The summed E-state index contributed by atoms with van der Waals surface area (Å²) in [6.45, 7) is 7.21. The van der Waals surface area contributed by atoms with E-state index in [1.165, 1.54) is 18.4 Å². The van der Waals surface area contributed by atoms with Crippen molar-refractivity contribution < 1.29 is 4.79 Å². The van der Waals surface area contributed by atoms with Crippen molar-refractivity contribution in [3.8, 4) is 0 Å². The van der Waals surface area contributed by atoms with Crippen LogP contribution in [0.1, 0.15) is 38.2 Å². The summed E-state index contributed by atoms with van der Waals surface area (Å²) in [7, 11) is 1.97. The van der Waals surface area contributed by atoms with E-state index in [9.17, 15) is 4.79 Å². The molecule has 0 saturated carbocycles. The van der Waals surface area contributed by atoms with Gasteiger partial charge in [0.1, 0.15) is 0 Å². The molecule has 2 saturated heterocycles. The van der Waals surface area contributed by atoms with Gasteiger partial charge in [-0.3, -0.25) is 14.4 Å². The average Bonchev–Trinajstić information content (AvgIpc) is 2.90. The predicted octanol–water partition coefficient (Wildman–Crippen LogP) is 1.64. The van der Waals surface area contributed by atoms with Crippen molar-refractivity contribution in [2.45, 2.75) is 39.2 Å². The van der Waals surface area contributed by atoms with Crippen LogP contribution in [0, 0.1) is 5.41 Å². The van der Waals surface area contributed by atoms with Gasteiger partial charge in [0.2, 0.25) is 5.91 Å². The van der Waals surface area contributed by atoms with E-state index in [0.717, 1.165) is 45.6 Å². The van der Waals surface area contributed by atoms with Gasteiger partial charge in [0.15, 0.2) is 0 Å². The van der Waals surface area contributed by atoms with Gasteiger partial charge in [-0.1, -0.05) is 0 Å². The van der Waals surface area contributed by atoms with Gasteiger partial charge in [-0.25, -0.2) is 0 Å². The van der Waals surface area contributed by atoms with Crippen LogP contribution < -0.4 is 0 Å². The molecule has 1 amide bonds. The fourth-order valence-corrected chi connectivity index (χ4v) is 3.80. The highest BCUT2D eigenvalue weighted by atomic mass is 16.2. The Morgan fingerprint density at radius 1 is 1.29 bits per heavy atom. The monoisotopic (exact) mass is 290 g/mol. The van der Waals surface area contributed by atoms with E-state index >= 15 is 0 Å². The number of hydrogen-bond donors (Lipinski definition) is 0. The summed E-state index contributed by atoms with van der Waals surface area (Å²) in [6, 6.07) is 0. The number of aromatic nitrogens is 2. The van der Waals surface area contributed by atoms with Gasteiger partial charge in [-0.2, -0.15) is 5.10 Å². The molecule has 3 rings (SSSR count). The van der Waals surface area contributed by atoms with Gasteiger partial charge in [-0.15, -0.1) is 0 Å². The van der Waals surface area contributed by atoms with Crippen molar-refractivity contribution in [1.29, 1.82) is 0 Å². The second-order valence-corrected chi connectivity index (χ2v) is 6.71. The van der Waals surface area contributed by atoms with Crippen LogP contribution in [0.4, 0.5) is 0 Å². The lowest BCUT2D eigenvalue weighted by Crippen LogP contribution is -2.51. The van der Waals surface area contributed by atoms with Gasteiger partial charge in [0.25, 0.3) is 0 Å². The van der Waals surface area contributed by atoms with Crippen molar-refractivity contribution in [1.82, 2.24) is 19.6 Å². The zero-order valence-corrected chi connectivity index (χ0v) is 13.2. The molecule has 0 atom stereocenters. The zero-order chi connectivity index (χ0) is 14.9. The number of rotatable bonds is 3. The second kappa shape index (κ2) is 5.79. The maximum absolute atomic E-state index is 11.9. The Morgan fingerprint density at radius 3 is 2.67 bits per heavy atom. The average molecular weight is 290 g/mol. The van der Waals surface area contributed by atoms with E-state index in [1.54, 1.807) is 0 Å². The van der Waals surface area contributed by atoms with E-state index in [1.807, 2.05) is 17.9 Å². The number of likely N-dealkylation sites (tertiary alicyclic amines) is 2. The summed E-state index contributed by atoms with van der Waals surface area (Å²) in [5.74, 6) is 0.348. The minimum atomic E-state index is 0.348. The van der Waals surface area contributed by atoms with Crippen LogP contribution in [-0.4, -0.2) is 51.7 Å². The molecule has 0 unspecified atom stereocenters. The first-order chi connectivity index (χ1) is 10.1. The molecular formula is C16H26N4O. The highest BCUT2D eigenvalue weighted by Gasteiger charge is 2.40. The number of piperidine rings is 2. The molecule has 1 spiro atoms. The molecule has 2 aliphatic heterocycles. The second-order valence-electron chi connectivity index (χ2n) is 6.71. The Bertz CT molecular complexity index is 502. The summed E-state index contributed by atoms with van der Waals surface area (Å²) in [4.78, 5) is 16.4. The maximum atomic E-state index is 11.9. The molecule has 0 N–H and O–H groups in total. The standard InChI is InChI=1S/C16H26N4O/c1-3-20-13-16(5-4-15(20)21)6-8-19(9-7-16)12-14-10-17-18(2)11-14/h10-11H,3-9,12-13H2,1-2H3. The lowest BCUT2D eigenvalue weighted by Gasteiger charge is -2.47. The third-order valence-corrected chi connectivity index (χ3v) is 5.21. The normalized spacial score (nSPS) is 23.0. The Morgan fingerprint density at radius 2 is 2.05 bits per heavy atom. The van der Waals surface area contributed by atoms with E-state index in [-0.39, 0.29) is 0 Å². The van der Waals surface area contributed by atoms with E-state index in [2.05, 4.69) is 28.0 Å². The van der Waals surface area contributed by atoms with Crippen molar-refractivity contribution in [2.75, 3.05) is 26.2 Å². The minimum Gasteiger partial charge on any atom is -0.342 e. The first kappa shape index (κ1) is 14.6. The van der Waals surface area contributed by atoms with Gasteiger partial charge < -0.3 is 4.90 Å². The first-order valence-electron chi connectivity index (χ1n) is 8.08. The van der Waals surface area contributed by atoms with Gasteiger partial charge in [0, 0.05) is 44.9 Å². The molecule has 21 heavy (non-hydrogen) atoms. The van der Waals surface area contributed by atoms with E-state index in [4.69, 9.17) is 0 Å². The molecule has 0 bridgehead atoms. The number of carbonyl (C=O) groups is 1. The highest BCUT2D eigenvalue weighted by molar-refractivity contribution is 5.77. The van der Waals surface area contributed by atoms with E-state index in [0.29, 0.717) is 11.3 Å². The molecule has 2 fully saturated rings. The molecule has 1 aromatic rings. The lowest BCUT2D eigenvalue weighted by atomic mass is 9.72.